The molecule has 0 radical (unpaired) electrons. The second-order valence-electron chi connectivity index (χ2n) is 5.98. The first-order chi connectivity index (χ1) is 11.7. The van der Waals surface area contributed by atoms with Crippen LogP contribution in [0.1, 0.15) is 26.2 Å². The largest absolute Gasteiger partial charge is 0.382 e. The molecule has 128 valence electrons. The molecule has 0 N–H and O–H groups in total. The summed E-state index contributed by atoms with van der Waals surface area (Å²) in [6.07, 6.45) is 2.11. The lowest BCUT2D eigenvalue weighted by Crippen LogP contribution is -2.32. The topological polar surface area (TPSA) is 58.6 Å². The quantitative estimate of drug-likeness (QED) is 0.790. The number of nitrogens with zero attached hydrogens (tertiary/aromatic N) is 4. The van der Waals surface area contributed by atoms with E-state index in [1.165, 1.54) is 0 Å². The molecule has 1 aromatic carbocycles. The van der Waals surface area contributed by atoms with Crippen LogP contribution in [0.4, 0.5) is 11.6 Å². The van der Waals surface area contributed by atoms with Gasteiger partial charge in [0.2, 0.25) is 5.91 Å². The van der Waals surface area contributed by atoms with E-state index in [1.807, 2.05) is 38.2 Å². The predicted molar refractivity (Wildman–Crippen MR) is 95.5 cm³/mol. The molecule has 6 heteroatoms. The summed E-state index contributed by atoms with van der Waals surface area (Å²) in [7, 11) is 2.01. The van der Waals surface area contributed by atoms with Gasteiger partial charge >= 0.3 is 0 Å². The number of hydrogen-bond acceptors (Lipinski definition) is 5. The van der Waals surface area contributed by atoms with Crippen molar-refractivity contribution in [2.24, 2.45) is 0 Å². The van der Waals surface area contributed by atoms with Crippen molar-refractivity contribution in [1.82, 2.24) is 9.97 Å². The van der Waals surface area contributed by atoms with Gasteiger partial charge in [-0.2, -0.15) is 0 Å². The van der Waals surface area contributed by atoms with Crippen LogP contribution in [0.25, 0.3) is 11.0 Å². The first-order valence-electron chi connectivity index (χ1n) is 8.56. The van der Waals surface area contributed by atoms with Crippen molar-refractivity contribution in [3.05, 3.63) is 24.3 Å². The molecule has 2 heterocycles. The Morgan fingerprint density at radius 2 is 1.88 bits per heavy atom. The fourth-order valence-corrected chi connectivity index (χ4v) is 2.94. The van der Waals surface area contributed by atoms with E-state index in [-0.39, 0.29) is 5.91 Å². The predicted octanol–water partition coefficient (Wildman–Crippen LogP) is 2.62. The maximum absolute atomic E-state index is 12.7. The molecular weight excluding hydrogens is 304 g/mol. The van der Waals surface area contributed by atoms with Gasteiger partial charge in [-0.05, 0) is 31.9 Å². The molecule has 0 bridgehead atoms. The van der Waals surface area contributed by atoms with Crippen LogP contribution in [0.2, 0.25) is 0 Å². The lowest BCUT2D eigenvalue weighted by atomic mass is 10.2. The number of ether oxygens (including phenoxy) is 1. The van der Waals surface area contributed by atoms with Gasteiger partial charge in [0.05, 0.1) is 11.0 Å². The highest BCUT2D eigenvalue weighted by Crippen LogP contribution is 2.30. The smallest absolute Gasteiger partial charge is 0.228 e. The van der Waals surface area contributed by atoms with E-state index in [0.717, 1.165) is 36.2 Å². The summed E-state index contributed by atoms with van der Waals surface area (Å²) in [5.41, 5.74) is 1.67. The van der Waals surface area contributed by atoms with Gasteiger partial charge in [-0.1, -0.05) is 12.1 Å². The monoisotopic (exact) mass is 328 g/mol. The normalized spacial score (nSPS) is 14.6. The third kappa shape index (κ3) is 3.48. The zero-order valence-electron chi connectivity index (χ0n) is 14.4. The molecule has 0 saturated heterocycles. The molecule has 0 saturated carbocycles. The van der Waals surface area contributed by atoms with Crippen LogP contribution >= 0.6 is 0 Å². The second kappa shape index (κ2) is 7.57. The van der Waals surface area contributed by atoms with Crippen LogP contribution in [0, 0.1) is 0 Å². The summed E-state index contributed by atoms with van der Waals surface area (Å²) in [5.74, 6) is 1.55. The summed E-state index contributed by atoms with van der Waals surface area (Å²) in [5, 5.41) is 0. The Labute approximate surface area is 142 Å². The van der Waals surface area contributed by atoms with E-state index >= 15 is 0 Å². The van der Waals surface area contributed by atoms with Gasteiger partial charge in [-0.15, -0.1) is 0 Å². The Morgan fingerprint density at radius 3 is 2.58 bits per heavy atom. The van der Waals surface area contributed by atoms with Crippen molar-refractivity contribution in [3.63, 3.8) is 0 Å². The van der Waals surface area contributed by atoms with E-state index in [1.54, 1.807) is 4.90 Å². The second-order valence-corrected chi connectivity index (χ2v) is 5.98. The minimum absolute atomic E-state index is 0.0934. The third-order valence-electron chi connectivity index (χ3n) is 4.21. The highest BCUT2D eigenvalue weighted by Gasteiger charge is 2.26. The van der Waals surface area contributed by atoms with Crippen LogP contribution in [0.3, 0.4) is 0 Å². The molecule has 1 aromatic heterocycles. The molecule has 0 aliphatic carbocycles. The number of rotatable bonds is 5. The zero-order valence-corrected chi connectivity index (χ0v) is 14.4. The van der Waals surface area contributed by atoms with Gasteiger partial charge in [-0.3, -0.25) is 9.69 Å². The number of carbonyl (C=O) groups excluding carboxylic acids is 1. The molecule has 2 aromatic rings. The number of hydrogen-bond donors (Lipinski definition) is 0. The molecule has 0 fully saturated rings. The van der Waals surface area contributed by atoms with Gasteiger partial charge in [0, 0.05) is 39.8 Å². The van der Waals surface area contributed by atoms with E-state index < -0.39 is 0 Å². The number of amides is 1. The van der Waals surface area contributed by atoms with Crippen LogP contribution in [0.15, 0.2) is 24.3 Å². The Kier molecular flexibility index (Phi) is 5.25. The number of para-hydroxylation sites is 2. The van der Waals surface area contributed by atoms with E-state index in [2.05, 4.69) is 4.90 Å². The molecular formula is C18H24N4O2. The van der Waals surface area contributed by atoms with Crippen LogP contribution in [-0.4, -0.2) is 49.2 Å². The average molecular weight is 328 g/mol. The minimum Gasteiger partial charge on any atom is -0.382 e. The summed E-state index contributed by atoms with van der Waals surface area (Å²) >= 11 is 0. The Bertz CT molecular complexity index is 719. The molecule has 1 aliphatic heterocycles. The Balaban J connectivity index is 1.90. The van der Waals surface area contributed by atoms with Crippen molar-refractivity contribution in [2.75, 3.05) is 43.2 Å². The van der Waals surface area contributed by atoms with Gasteiger partial charge in [0.15, 0.2) is 11.6 Å². The van der Waals surface area contributed by atoms with Gasteiger partial charge in [0.1, 0.15) is 0 Å². The van der Waals surface area contributed by atoms with Crippen molar-refractivity contribution in [3.8, 4) is 0 Å². The molecule has 3 rings (SSSR count). The van der Waals surface area contributed by atoms with Gasteiger partial charge < -0.3 is 9.64 Å². The van der Waals surface area contributed by atoms with E-state index in [9.17, 15) is 4.79 Å². The van der Waals surface area contributed by atoms with E-state index in [4.69, 9.17) is 14.7 Å². The SMILES string of the molecule is CCOCCCC(=O)N1CCCN(C)c2nc3ccccc3nc21. The van der Waals surface area contributed by atoms with E-state index in [0.29, 0.717) is 32.0 Å². The molecule has 0 atom stereocenters. The third-order valence-corrected chi connectivity index (χ3v) is 4.21. The number of anilines is 2. The van der Waals surface area contributed by atoms with Crippen LogP contribution in [-0.2, 0) is 9.53 Å². The molecule has 6 nitrogen and oxygen atoms in total. The van der Waals surface area contributed by atoms with Gasteiger partial charge in [0.25, 0.3) is 0 Å². The molecule has 0 unspecified atom stereocenters. The first-order valence-corrected chi connectivity index (χ1v) is 8.56. The highest BCUT2D eigenvalue weighted by atomic mass is 16.5. The van der Waals surface area contributed by atoms with Gasteiger partial charge in [-0.25, -0.2) is 9.97 Å². The molecule has 24 heavy (non-hydrogen) atoms. The molecule has 0 spiro atoms. The maximum Gasteiger partial charge on any atom is 0.228 e. The lowest BCUT2D eigenvalue weighted by Gasteiger charge is -2.22. The van der Waals surface area contributed by atoms with Crippen molar-refractivity contribution in [1.29, 1.82) is 0 Å². The summed E-state index contributed by atoms with van der Waals surface area (Å²) in [6.45, 7) is 4.80. The highest BCUT2D eigenvalue weighted by molar-refractivity contribution is 5.96. The summed E-state index contributed by atoms with van der Waals surface area (Å²) in [4.78, 5) is 26.1. The van der Waals surface area contributed by atoms with Crippen LogP contribution in [0.5, 0.6) is 0 Å². The molecule has 1 aliphatic rings. The van der Waals surface area contributed by atoms with Crippen molar-refractivity contribution < 1.29 is 9.53 Å². The number of aromatic nitrogens is 2. The molecule has 1 amide bonds. The lowest BCUT2D eigenvalue weighted by molar-refractivity contribution is -0.119. The van der Waals surface area contributed by atoms with Crippen LogP contribution < -0.4 is 9.80 Å². The number of fused-ring (bicyclic) bond motifs is 2. The fraction of sp³-hybridized carbons (Fsp3) is 0.500. The Hall–Kier alpha value is -2.21. The average Bonchev–Trinajstić information content (AvgIpc) is 2.76. The summed E-state index contributed by atoms with van der Waals surface area (Å²) < 4.78 is 5.33. The first kappa shape index (κ1) is 16.6. The number of carbonyl (C=O) groups is 1. The zero-order chi connectivity index (χ0) is 16.9. The standard InChI is InChI=1S/C18H24N4O2/c1-3-24-13-6-10-16(23)22-12-7-11-21(2)17-18(22)20-15-9-5-4-8-14(15)19-17/h4-5,8-9H,3,6-7,10-13H2,1-2H3. The number of benzene rings is 1. The van der Waals surface area contributed by atoms with Crippen molar-refractivity contribution in [2.45, 2.75) is 26.2 Å². The van der Waals surface area contributed by atoms with Crippen molar-refractivity contribution >= 4 is 28.6 Å². The minimum atomic E-state index is 0.0934. The summed E-state index contributed by atoms with van der Waals surface area (Å²) in [6, 6.07) is 7.79. The maximum atomic E-state index is 12.7. The Morgan fingerprint density at radius 1 is 1.17 bits per heavy atom. The fourth-order valence-electron chi connectivity index (χ4n) is 2.94.